The Morgan fingerprint density at radius 3 is 2.65 bits per heavy atom. The number of hydrazone groups is 1. The molecule has 0 radical (unpaired) electrons. The van der Waals surface area contributed by atoms with Gasteiger partial charge in [0.25, 0.3) is 11.6 Å². The summed E-state index contributed by atoms with van der Waals surface area (Å²) in [6, 6.07) is 6.18. The lowest BCUT2D eigenvalue weighted by atomic mass is 10.2. The Kier molecular flexibility index (Phi) is 5.49. The van der Waals surface area contributed by atoms with E-state index in [1.807, 2.05) is 4.90 Å². The third-order valence-corrected chi connectivity index (χ3v) is 3.56. The van der Waals surface area contributed by atoms with Crippen molar-refractivity contribution in [1.29, 1.82) is 0 Å². The molecule has 0 atom stereocenters. The standard InChI is InChI=1S/C15H17N7O4/c1-25-15-18-13(17-14(19-15)21-6-8-26-9-7-21)20-16-10-11-2-4-12(5-3-11)22(23)24/h2-5,10H,6-9H2,1H3,(H,17,18,19,20)/b16-10+. The Bertz CT molecular complexity index is 791. The second-order valence-corrected chi connectivity index (χ2v) is 5.26. The number of benzene rings is 1. The van der Waals surface area contributed by atoms with E-state index in [1.54, 1.807) is 12.1 Å². The van der Waals surface area contributed by atoms with Crippen LogP contribution >= 0.6 is 0 Å². The zero-order valence-electron chi connectivity index (χ0n) is 14.0. The highest BCUT2D eigenvalue weighted by molar-refractivity contribution is 5.80. The number of ether oxygens (including phenoxy) is 2. The molecule has 1 aliphatic rings. The van der Waals surface area contributed by atoms with Crippen molar-refractivity contribution in [2.24, 2.45) is 5.10 Å². The van der Waals surface area contributed by atoms with E-state index in [4.69, 9.17) is 9.47 Å². The summed E-state index contributed by atoms with van der Waals surface area (Å²) in [5.74, 6) is 0.713. The Morgan fingerprint density at radius 2 is 2.00 bits per heavy atom. The molecule has 1 N–H and O–H groups in total. The van der Waals surface area contributed by atoms with E-state index >= 15 is 0 Å². The van der Waals surface area contributed by atoms with Gasteiger partial charge in [0.15, 0.2) is 0 Å². The van der Waals surface area contributed by atoms with Crippen molar-refractivity contribution in [1.82, 2.24) is 15.0 Å². The van der Waals surface area contributed by atoms with Crippen LogP contribution in [0.5, 0.6) is 6.01 Å². The Morgan fingerprint density at radius 1 is 1.27 bits per heavy atom. The highest BCUT2D eigenvalue weighted by Crippen LogP contribution is 2.16. The lowest BCUT2D eigenvalue weighted by Crippen LogP contribution is -2.37. The van der Waals surface area contributed by atoms with Crippen molar-refractivity contribution in [2.45, 2.75) is 0 Å². The lowest BCUT2D eigenvalue weighted by Gasteiger charge is -2.26. The number of aromatic nitrogens is 3. The minimum atomic E-state index is -0.455. The quantitative estimate of drug-likeness (QED) is 0.457. The van der Waals surface area contributed by atoms with Gasteiger partial charge in [-0.25, -0.2) is 5.43 Å². The predicted molar refractivity (Wildman–Crippen MR) is 93.7 cm³/mol. The molecular formula is C15H17N7O4. The Balaban J connectivity index is 1.71. The van der Waals surface area contributed by atoms with Gasteiger partial charge >= 0.3 is 6.01 Å². The Hall–Kier alpha value is -3.34. The predicted octanol–water partition coefficient (Wildman–Crippen LogP) is 1.07. The van der Waals surface area contributed by atoms with Crippen molar-refractivity contribution >= 4 is 23.8 Å². The lowest BCUT2D eigenvalue weighted by molar-refractivity contribution is -0.384. The first kappa shape index (κ1) is 17.5. The summed E-state index contributed by atoms with van der Waals surface area (Å²) >= 11 is 0. The van der Waals surface area contributed by atoms with Gasteiger partial charge in [-0.2, -0.15) is 20.1 Å². The average molecular weight is 359 g/mol. The number of nitrogens with one attached hydrogen (secondary N) is 1. The van der Waals surface area contributed by atoms with E-state index in [0.717, 1.165) is 0 Å². The van der Waals surface area contributed by atoms with Crippen molar-refractivity contribution < 1.29 is 14.4 Å². The van der Waals surface area contributed by atoms with Gasteiger partial charge in [0.1, 0.15) is 0 Å². The zero-order chi connectivity index (χ0) is 18.4. The van der Waals surface area contributed by atoms with Crippen LogP contribution in [0.4, 0.5) is 17.6 Å². The van der Waals surface area contributed by atoms with E-state index in [0.29, 0.717) is 37.8 Å². The molecule has 0 saturated carbocycles. The monoisotopic (exact) mass is 359 g/mol. The van der Waals surface area contributed by atoms with Gasteiger partial charge in [-0.15, -0.1) is 0 Å². The van der Waals surface area contributed by atoms with Crippen molar-refractivity contribution in [3.63, 3.8) is 0 Å². The fourth-order valence-corrected chi connectivity index (χ4v) is 2.24. The molecular weight excluding hydrogens is 342 g/mol. The molecule has 2 heterocycles. The molecule has 1 aromatic heterocycles. The summed E-state index contributed by atoms with van der Waals surface area (Å²) in [7, 11) is 1.47. The fraction of sp³-hybridized carbons (Fsp3) is 0.333. The molecule has 0 aliphatic carbocycles. The molecule has 0 unspecified atom stereocenters. The largest absolute Gasteiger partial charge is 0.467 e. The van der Waals surface area contributed by atoms with Crippen molar-refractivity contribution in [3.05, 3.63) is 39.9 Å². The summed E-state index contributed by atoms with van der Waals surface area (Å²) in [6.07, 6.45) is 1.51. The smallest absolute Gasteiger partial charge is 0.322 e. The fourth-order valence-electron chi connectivity index (χ4n) is 2.24. The van der Waals surface area contributed by atoms with Crippen LogP contribution in [0.2, 0.25) is 0 Å². The van der Waals surface area contributed by atoms with E-state index in [2.05, 4.69) is 25.5 Å². The average Bonchev–Trinajstić information content (AvgIpc) is 2.69. The molecule has 11 heteroatoms. The van der Waals surface area contributed by atoms with E-state index in [-0.39, 0.29) is 17.6 Å². The van der Waals surface area contributed by atoms with Crippen LogP contribution in [-0.2, 0) is 4.74 Å². The van der Waals surface area contributed by atoms with Gasteiger partial charge in [0.05, 0.1) is 31.5 Å². The summed E-state index contributed by atoms with van der Waals surface area (Å²) in [4.78, 5) is 24.8. The van der Waals surface area contributed by atoms with Crippen LogP contribution in [-0.4, -0.2) is 59.5 Å². The first-order chi connectivity index (χ1) is 12.7. The molecule has 0 spiro atoms. The van der Waals surface area contributed by atoms with Gasteiger partial charge in [0.2, 0.25) is 5.95 Å². The SMILES string of the molecule is COc1nc(N/N=C/c2ccc([N+](=O)[O-])cc2)nc(N2CCOCC2)n1. The van der Waals surface area contributed by atoms with E-state index < -0.39 is 4.92 Å². The highest BCUT2D eigenvalue weighted by atomic mass is 16.6. The minimum absolute atomic E-state index is 0.0208. The maximum atomic E-state index is 10.6. The highest BCUT2D eigenvalue weighted by Gasteiger charge is 2.16. The summed E-state index contributed by atoms with van der Waals surface area (Å²) in [5, 5.41) is 14.7. The number of non-ortho nitro benzene ring substituents is 1. The van der Waals surface area contributed by atoms with Crippen LogP contribution in [0.25, 0.3) is 0 Å². The van der Waals surface area contributed by atoms with Crippen LogP contribution in [0, 0.1) is 10.1 Å². The molecule has 1 aromatic carbocycles. The van der Waals surface area contributed by atoms with Gasteiger partial charge in [-0.3, -0.25) is 10.1 Å². The zero-order valence-corrected chi connectivity index (χ0v) is 14.0. The number of morpholine rings is 1. The molecule has 1 saturated heterocycles. The van der Waals surface area contributed by atoms with Gasteiger partial charge in [-0.05, 0) is 17.7 Å². The summed E-state index contributed by atoms with van der Waals surface area (Å²) < 4.78 is 10.4. The molecule has 3 rings (SSSR count). The van der Waals surface area contributed by atoms with Crippen molar-refractivity contribution in [3.8, 4) is 6.01 Å². The number of methoxy groups -OCH3 is 1. The van der Waals surface area contributed by atoms with Crippen LogP contribution in [0.1, 0.15) is 5.56 Å². The molecule has 11 nitrogen and oxygen atoms in total. The van der Waals surface area contributed by atoms with Gasteiger partial charge in [0, 0.05) is 25.2 Å². The van der Waals surface area contributed by atoms with Crippen molar-refractivity contribution in [2.75, 3.05) is 43.7 Å². The maximum Gasteiger partial charge on any atom is 0.322 e. The molecule has 0 bridgehead atoms. The number of hydrogen-bond acceptors (Lipinski definition) is 10. The molecule has 26 heavy (non-hydrogen) atoms. The van der Waals surface area contributed by atoms with Crippen LogP contribution in [0.3, 0.4) is 0 Å². The minimum Gasteiger partial charge on any atom is -0.467 e. The molecule has 0 amide bonds. The molecule has 2 aromatic rings. The van der Waals surface area contributed by atoms with Gasteiger partial charge in [-0.1, -0.05) is 0 Å². The summed E-state index contributed by atoms with van der Waals surface area (Å²) in [5.41, 5.74) is 3.43. The first-order valence-corrected chi connectivity index (χ1v) is 7.82. The topological polar surface area (TPSA) is 128 Å². The molecule has 136 valence electrons. The number of anilines is 2. The normalized spacial score (nSPS) is 14.4. The van der Waals surface area contributed by atoms with E-state index in [9.17, 15) is 10.1 Å². The number of rotatable bonds is 6. The second-order valence-electron chi connectivity index (χ2n) is 5.26. The van der Waals surface area contributed by atoms with Crippen LogP contribution < -0.4 is 15.1 Å². The number of nitrogens with zero attached hydrogens (tertiary/aromatic N) is 6. The van der Waals surface area contributed by atoms with Gasteiger partial charge < -0.3 is 14.4 Å². The van der Waals surface area contributed by atoms with E-state index in [1.165, 1.54) is 25.5 Å². The second kappa shape index (κ2) is 8.16. The van der Waals surface area contributed by atoms with Crippen LogP contribution in [0.15, 0.2) is 29.4 Å². The third-order valence-electron chi connectivity index (χ3n) is 3.56. The third kappa shape index (κ3) is 4.39. The number of nitro groups is 1. The number of hydrogen-bond donors (Lipinski definition) is 1. The summed E-state index contributed by atoms with van der Waals surface area (Å²) in [6.45, 7) is 2.57. The Labute approximate surface area is 148 Å². The molecule has 1 aliphatic heterocycles. The molecule has 1 fully saturated rings. The first-order valence-electron chi connectivity index (χ1n) is 7.82. The number of nitro benzene ring substituents is 1. The maximum absolute atomic E-state index is 10.6.